The first-order valence-electron chi connectivity index (χ1n) is 7.61. The zero-order valence-electron chi connectivity index (χ0n) is 13.1. The van der Waals surface area contributed by atoms with E-state index in [0.717, 1.165) is 18.0 Å². The van der Waals surface area contributed by atoms with Crippen LogP contribution in [0.1, 0.15) is 44.6 Å². The van der Waals surface area contributed by atoms with E-state index in [0.29, 0.717) is 17.9 Å². The lowest BCUT2D eigenvalue weighted by molar-refractivity contribution is 0.378. The van der Waals surface area contributed by atoms with Crippen LogP contribution in [0.4, 0.5) is 0 Å². The van der Waals surface area contributed by atoms with Gasteiger partial charge in [0.15, 0.2) is 0 Å². The molecule has 2 atom stereocenters. The van der Waals surface area contributed by atoms with Gasteiger partial charge in [-0.1, -0.05) is 20.3 Å². The fraction of sp³-hybridized carbons (Fsp3) is 0.647. The Morgan fingerprint density at radius 2 is 2.00 bits per heavy atom. The first kappa shape index (κ1) is 15.2. The molecule has 112 valence electrons. The highest BCUT2D eigenvalue weighted by atomic mass is 16.5. The van der Waals surface area contributed by atoms with E-state index in [2.05, 4.69) is 25.2 Å². The molecular formula is C17H27NO2. The summed E-state index contributed by atoms with van der Waals surface area (Å²) in [5, 5.41) is 3.58. The molecule has 0 amide bonds. The van der Waals surface area contributed by atoms with Crippen LogP contribution in [0, 0.1) is 5.92 Å². The van der Waals surface area contributed by atoms with Crippen LogP contribution in [0.2, 0.25) is 0 Å². The van der Waals surface area contributed by atoms with Gasteiger partial charge in [-0.15, -0.1) is 0 Å². The van der Waals surface area contributed by atoms with E-state index in [9.17, 15) is 0 Å². The first-order chi connectivity index (χ1) is 9.65. The second-order valence-electron chi connectivity index (χ2n) is 5.97. The van der Waals surface area contributed by atoms with Crippen molar-refractivity contribution < 1.29 is 9.47 Å². The van der Waals surface area contributed by atoms with Gasteiger partial charge in [-0.25, -0.2) is 0 Å². The molecule has 0 heterocycles. The third-order valence-corrected chi connectivity index (χ3v) is 4.28. The number of methoxy groups -OCH3 is 2. The van der Waals surface area contributed by atoms with Crippen molar-refractivity contribution in [3.05, 3.63) is 23.8 Å². The third kappa shape index (κ3) is 3.45. The predicted octanol–water partition coefficient (Wildman–Crippen LogP) is 3.59. The molecule has 0 radical (unpaired) electrons. The second-order valence-corrected chi connectivity index (χ2v) is 5.97. The van der Waals surface area contributed by atoms with Gasteiger partial charge in [0.2, 0.25) is 0 Å². The van der Waals surface area contributed by atoms with Crippen molar-refractivity contribution in [1.29, 1.82) is 0 Å². The zero-order chi connectivity index (χ0) is 14.5. The van der Waals surface area contributed by atoms with Gasteiger partial charge in [0.25, 0.3) is 0 Å². The monoisotopic (exact) mass is 277 g/mol. The summed E-state index contributed by atoms with van der Waals surface area (Å²) in [6.45, 7) is 5.49. The number of hydrogen-bond acceptors (Lipinski definition) is 3. The smallest absolute Gasteiger partial charge is 0.122 e. The van der Waals surface area contributed by atoms with Gasteiger partial charge < -0.3 is 14.8 Å². The van der Waals surface area contributed by atoms with Crippen LogP contribution in [0.5, 0.6) is 11.5 Å². The number of benzene rings is 1. The summed E-state index contributed by atoms with van der Waals surface area (Å²) in [7, 11) is 3.47. The van der Waals surface area contributed by atoms with Crippen molar-refractivity contribution in [3.63, 3.8) is 0 Å². The molecule has 0 spiro atoms. The highest BCUT2D eigenvalue weighted by Gasteiger charge is 2.30. The number of hydrogen-bond donors (Lipinski definition) is 1. The van der Waals surface area contributed by atoms with E-state index in [1.165, 1.54) is 24.8 Å². The maximum absolute atomic E-state index is 5.56. The normalized spacial score (nSPS) is 22.2. The lowest BCUT2D eigenvalue weighted by Gasteiger charge is -2.24. The van der Waals surface area contributed by atoms with E-state index < -0.39 is 0 Å². The summed E-state index contributed by atoms with van der Waals surface area (Å²) in [5.74, 6) is 3.18. The summed E-state index contributed by atoms with van der Waals surface area (Å²) in [6, 6.07) is 6.69. The Balaban J connectivity index is 2.19. The lowest BCUT2D eigenvalue weighted by Crippen LogP contribution is -2.30. The second kappa shape index (κ2) is 6.98. The summed E-state index contributed by atoms with van der Waals surface area (Å²) < 4.78 is 10.9. The van der Waals surface area contributed by atoms with Gasteiger partial charge in [0.05, 0.1) is 14.2 Å². The van der Waals surface area contributed by atoms with E-state index >= 15 is 0 Å². The summed E-state index contributed by atoms with van der Waals surface area (Å²) in [4.78, 5) is 0. The van der Waals surface area contributed by atoms with Crippen LogP contribution in [-0.2, 0) is 0 Å². The molecule has 1 aliphatic rings. The molecule has 2 rings (SSSR count). The molecule has 1 saturated carbocycles. The largest absolute Gasteiger partial charge is 0.497 e. The van der Waals surface area contributed by atoms with Crippen LogP contribution in [0.3, 0.4) is 0 Å². The van der Waals surface area contributed by atoms with E-state index in [4.69, 9.17) is 9.47 Å². The van der Waals surface area contributed by atoms with E-state index in [1.807, 2.05) is 12.1 Å². The number of nitrogens with one attached hydrogen (secondary N) is 1. The SMILES string of the molecule is COc1ccc(OC)c(C2CCCC2CNC(C)C)c1. The van der Waals surface area contributed by atoms with Crippen molar-refractivity contribution in [2.75, 3.05) is 20.8 Å². The Hall–Kier alpha value is -1.22. The van der Waals surface area contributed by atoms with Crippen molar-refractivity contribution in [3.8, 4) is 11.5 Å². The molecule has 1 aromatic carbocycles. The molecule has 0 bridgehead atoms. The van der Waals surface area contributed by atoms with Crippen LogP contribution in [0.15, 0.2) is 18.2 Å². The minimum Gasteiger partial charge on any atom is -0.497 e. The van der Waals surface area contributed by atoms with Crippen molar-refractivity contribution >= 4 is 0 Å². The zero-order valence-corrected chi connectivity index (χ0v) is 13.1. The number of rotatable bonds is 6. The van der Waals surface area contributed by atoms with Crippen LogP contribution in [0.25, 0.3) is 0 Å². The number of ether oxygens (including phenoxy) is 2. The van der Waals surface area contributed by atoms with Gasteiger partial charge in [-0.05, 0) is 49.4 Å². The summed E-state index contributed by atoms with van der Waals surface area (Å²) >= 11 is 0. The highest BCUT2D eigenvalue weighted by Crippen LogP contribution is 2.43. The van der Waals surface area contributed by atoms with Crippen LogP contribution in [-0.4, -0.2) is 26.8 Å². The molecule has 1 aromatic rings. The minimum absolute atomic E-state index is 0.545. The maximum atomic E-state index is 5.56. The topological polar surface area (TPSA) is 30.5 Å². The van der Waals surface area contributed by atoms with Gasteiger partial charge in [-0.2, -0.15) is 0 Å². The standard InChI is InChI=1S/C17H27NO2/c1-12(2)18-11-13-6-5-7-15(13)16-10-14(19-3)8-9-17(16)20-4/h8-10,12-13,15,18H,5-7,11H2,1-4H3. The van der Waals surface area contributed by atoms with Gasteiger partial charge in [0.1, 0.15) is 11.5 Å². The molecule has 0 aliphatic heterocycles. The average molecular weight is 277 g/mol. The Labute approximate surface area is 122 Å². The Kier molecular flexibility index (Phi) is 5.30. The molecular weight excluding hydrogens is 250 g/mol. The molecule has 1 aliphatic carbocycles. The van der Waals surface area contributed by atoms with E-state index in [-0.39, 0.29) is 0 Å². The maximum Gasteiger partial charge on any atom is 0.122 e. The fourth-order valence-corrected chi connectivity index (χ4v) is 3.21. The average Bonchev–Trinajstić information content (AvgIpc) is 2.92. The summed E-state index contributed by atoms with van der Waals surface area (Å²) in [6.07, 6.45) is 3.84. The van der Waals surface area contributed by atoms with Crippen molar-refractivity contribution in [1.82, 2.24) is 5.32 Å². The van der Waals surface area contributed by atoms with Crippen molar-refractivity contribution in [2.24, 2.45) is 5.92 Å². The highest BCUT2D eigenvalue weighted by molar-refractivity contribution is 5.43. The van der Waals surface area contributed by atoms with Gasteiger partial charge in [0, 0.05) is 11.6 Å². The molecule has 2 unspecified atom stereocenters. The molecule has 3 heteroatoms. The molecule has 20 heavy (non-hydrogen) atoms. The Bertz CT molecular complexity index is 431. The van der Waals surface area contributed by atoms with Crippen LogP contribution >= 0.6 is 0 Å². The molecule has 0 aromatic heterocycles. The first-order valence-corrected chi connectivity index (χ1v) is 7.61. The minimum atomic E-state index is 0.545. The predicted molar refractivity (Wildman–Crippen MR) is 82.8 cm³/mol. The molecule has 3 nitrogen and oxygen atoms in total. The van der Waals surface area contributed by atoms with E-state index in [1.54, 1.807) is 14.2 Å². The Morgan fingerprint density at radius 1 is 1.20 bits per heavy atom. The quantitative estimate of drug-likeness (QED) is 0.862. The third-order valence-electron chi connectivity index (χ3n) is 4.28. The van der Waals surface area contributed by atoms with Gasteiger partial charge in [-0.3, -0.25) is 0 Å². The molecule has 0 saturated heterocycles. The fourth-order valence-electron chi connectivity index (χ4n) is 3.21. The molecule has 1 fully saturated rings. The lowest BCUT2D eigenvalue weighted by atomic mass is 9.88. The van der Waals surface area contributed by atoms with Crippen molar-refractivity contribution in [2.45, 2.75) is 45.1 Å². The molecule has 1 N–H and O–H groups in total. The van der Waals surface area contributed by atoms with Gasteiger partial charge >= 0.3 is 0 Å². The van der Waals surface area contributed by atoms with Crippen LogP contribution < -0.4 is 14.8 Å². The Morgan fingerprint density at radius 3 is 2.65 bits per heavy atom. The summed E-state index contributed by atoms with van der Waals surface area (Å²) in [5.41, 5.74) is 1.31.